The fraction of sp³-hybridized carbons (Fsp3) is 0.250. The van der Waals surface area contributed by atoms with Crippen LogP contribution < -0.4 is 16.4 Å². The largest absolute Gasteiger partial charge is 0.368 e. The zero-order chi connectivity index (χ0) is 19.0. The zero-order valence-corrected chi connectivity index (χ0v) is 15.0. The fourth-order valence-corrected chi connectivity index (χ4v) is 3.26. The second-order valence-electron chi connectivity index (χ2n) is 6.92. The molecule has 1 fully saturated rings. The van der Waals surface area contributed by atoms with Crippen LogP contribution in [0.4, 0.5) is 10.5 Å². The van der Waals surface area contributed by atoms with Crippen molar-refractivity contribution in [1.82, 2.24) is 15.1 Å². The number of hydrogen-bond acceptors (Lipinski definition) is 3. The van der Waals surface area contributed by atoms with Crippen LogP contribution >= 0.6 is 0 Å². The molecule has 1 aromatic heterocycles. The van der Waals surface area contributed by atoms with Crippen molar-refractivity contribution in [2.75, 3.05) is 5.32 Å². The van der Waals surface area contributed by atoms with E-state index >= 15 is 0 Å². The van der Waals surface area contributed by atoms with Gasteiger partial charge in [-0.2, -0.15) is 5.10 Å². The summed E-state index contributed by atoms with van der Waals surface area (Å²) in [5, 5.41) is 11.9. The number of fused-ring (bicyclic) bond motifs is 1. The molecule has 0 bridgehead atoms. The molecule has 0 saturated heterocycles. The summed E-state index contributed by atoms with van der Waals surface area (Å²) in [6, 6.07) is 12.0. The van der Waals surface area contributed by atoms with Gasteiger partial charge in [-0.1, -0.05) is 36.4 Å². The second kappa shape index (κ2) is 6.75. The maximum atomic E-state index is 12.5. The number of carbonyl (C=O) groups excluding carboxylic acids is 2. The summed E-state index contributed by atoms with van der Waals surface area (Å²) in [4.78, 5) is 24.5. The van der Waals surface area contributed by atoms with Gasteiger partial charge in [0, 0.05) is 19.2 Å². The Kier molecular flexibility index (Phi) is 4.27. The number of aromatic nitrogens is 2. The van der Waals surface area contributed by atoms with Crippen LogP contribution in [-0.2, 0) is 11.8 Å². The molecule has 0 aliphatic heterocycles. The molecule has 1 heterocycles. The third kappa shape index (κ3) is 3.62. The maximum absolute atomic E-state index is 12.5. The average molecular weight is 363 g/mol. The van der Waals surface area contributed by atoms with Crippen LogP contribution in [0.15, 0.2) is 48.7 Å². The number of urea groups is 1. The number of nitrogens with one attached hydrogen (secondary N) is 2. The summed E-state index contributed by atoms with van der Waals surface area (Å²) in [5.41, 5.74) is 7.74. The van der Waals surface area contributed by atoms with E-state index in [4.69, 9.17) is 5.73 Å². The number of amides is 3. The Morgan fingerprint density at radius 3 is 2.63 bits per heavy atom. The number of hydrogen-bond donors (Lipinski definition) is 3. The molecule has 4 rings (SSSR count). The van der Waals surface area contributed by atoms with Crippen molar-refractivity contribution in [1.29, 1.82) is 0 Å². The van der Waals surface area contributed by atoms with E-state index in [1.165, 1.54) is 0 Å². The molecular formula is C20H21N5O2. The van der Waals surface area contributed by atoms with Crippen LogP contribution in [0, 0.1) is 0 Å². The molecule has 0 radical (unpaired) electrons. The zero-order valence-electron chi connectivity index (χ0n) is 15.0. The van der Waals surface area contributed by atoms with Crippen LogP contribution in [0.1, 0.15) is 36.1 Å². The highest BCUT2D eigenvalue weighted by Gasteiger charge is 2.30. The molecule has 0 spiro atoms. The van der Waals surface area contributed by atoms with E-state index in [1.807, 2.05) is 43.4 Å². The van der Waals surface area contributed by atoms with Crippen molar-refractivity contribution in [3.8, 4) is 0 Å². The normalized spacial score (nSPS) is 14.7. The first-order valence-corrected chi connectivity index (χ1v) is 8.90. The fourth-order valence-electron chi connectivity index (χ4n) is 3.26. The predicted octanol–water partition coefficient (Wildman–Crippen LogP) is 2.80. The maximum Gasteiger partial charge on any atom is 0.320 e. The lowest BCUT2D eigenvalue weighted by Crippen LogP contribution is -2.39. The van der Waals surface area contributed by atoms with E-state index < -0.39 is 18.0 Å². The molecule has 1 unspecified atom stereocenters. The monoisotopic (exact) mass is 363 g/mol. The van der Waals surface area contributed by atoms with Crippen molar-refractivity contribution in [2.24, 2.45) is 12.8 Å². The van der Waals surface area contributed by atoms with Gasteiger partial charge in [0.25, 0.3) is 0 Å². The lowest BCUT2D eigenvalue weighted by molar-refractivity contribution is -0.119. The highest BCUT2D eigenvalue weighted by Crippen LogP contribution is 2.42. The first-order chi connectivity index (χ1) is 13.0. The molecule has 7 nitrogen and oxygen atoms in total. The number of rotatable bonds is 5. The highest BCUT2D eigenvalue weighted by atomic mass is 16.2. The highest BCUT2D eigenvalue weighted by molar-refractivity contribution is 5.95. The van der Waals surface area contributed by atoms with Crippen LogP contribution in [0.5, 0.6) is 0 Å². The van der Waals surface area contributed by atoms with Gasteiger partial charge in [-0.3, -0.25) is 9.48 Å². The van der Waals surface area contributed by atoms with E-state index in [1.54, 1.807) is 16.9 Å². The average Bonchev–Trinajstić information content (AvgIpc) is 3.42. The molecule has 7 heteroatoms. The van der Waals surface area contributed by atoms with Crippen molar-refractivity contribution in [3.63, 3.8) is 0 Å². The van der Waals surface area contributed by atoms with Gasteiger partial charge in [0.15, 0.2) is 0 Å². The second-order valence-corrected chi connectivity index (χ2v) is 6.92. The minimum atomic E-state index is -0.921. The quantitative estimate of drug-likeness (QED) is 0.649. The molecule has 138 valence electrons. The summed E-state index contributed by atoms with van der Waals surface area (Å²) >= 11 is 0. The molecule has 1 atom stereocenters. The van der Waals surface area contributed by atoms with Crippen molar-refractivity contribution >= 4 is 28.4 Å². The standard InChI is InChI=1S/C20H21N5O2/c1-25-11-16(17(24-25)13-7-8-13)22-20(27)23-18(19(21)26)15-9-6-12-4-2-3-5-14(12)10-15/h2-6,9-11,13,18H,7-8H2,1H3,(H2,21,26)(H2,22,23,27). The molecule has 3 aromatic rings. The molecular weight excluding hydrogens is 342 g/mol. The Balaban J connectivity index is 1.54. The predicted molar refractivity (Wildman–Crippen MR) is 103 cm³/mol. The lowest BCUT2D eigenvalue weighted by Gasteiger charge is -2.17. The molecule has 3 amide bonds. The van der Waals surface area contributed by atoms with Gasteiger partial charge < -0.3 is 16.4 Å². The third-order valence-corrected chi connectivity index (χ3v) is 4.74. The van der Waals surface area contributed by atoms with Crippen LogP contribution in [0.2, 0.25) is 0 Å². The summed E-state index contributed by atoms with van der Waals surface area (Å²) in [7, 11) is 1.82. The summed E-state index contributed by atoms with van der Waals surface area (Å²) < 4.78 is 1.68. The van der Waals surface area contributed by atoms with E-state index in [0.29, 0.717) is 17.2 Å². The molecule has 1 aliphatic carbocycles. The van der Waals surface area contributed by atoms with Crippen LogP contribution in [-0.4, -0.2) is 21.7 Å². The summed E-state index contributed by atoms with van der Waals surface area (Å²) in [6.45, 7) is 0. The molecule has 2 aromatic carbocycles. The topological polar surface area (TPSA) is 102 Å². The number of aryl methyl sites for hydroxylation is 1. The SMILES string of the molecule is Cn1cc(NC(=O)NC(C(N)=O)c2ccc3ccccc3c2)c(C2CC2)n1. The summed E-state index contributed by atoms with van der Waals surface area (Å²) in [5.74, 6) is -0.219. The Morgan fingerprint density at radius 1 is 1.19 bits per heavy atom. The minimum absolute atomic E-state index is 0.397. The lowest BCUT2D eigenvalue weighted by atomic mass is 10.0. The van der Waals surface area contributed by atoms with Crippen molar-refractivity contribution < 1.29 is 9.59 Å². The Hall–Kier alpha value is -3.35. The van der Waals surface area contributed by atoms with Gasteiger partial charge in [-0.15, -0.1) is 0 Å². The van der Waals surface area contributed by atoms with E-state index in [2.05, 4.69) is 15.7 Å². The third-order valence-electron chi connectivity index (χ3n) is 4.74. The van der Waals surface area contributed by atoms with Crippen LogP contribution in [0.3, 0.4) is 0 Å². The van der Waals surface area contributed by atoms with E-state index in [0.717, 1.165) is 29.3 Å². The van der Waals surface area contributed by atoms with Gasteiger partial charge in [0.2, 0.25) is 5.91 Å². The first kappa shape index (κ1) is 17.1. The number of anilines is 1. The van der Waals surface area contributed by atoms with E-state index in [9.17, 15) is 9.59 Å². The molecule has 1 aliphatic rings. The number of nitrogens with zero attached hydrogens (tertiary/aromatic N) is 2. The smallest absolute Gasteiger partial charge is 0.320 e. The number of carbonyl (C=O) groups is 2. The first-order valence-electron chi connectivity index (χ1n) is 8.90. The van der Waals surface area contributed by atoms with Gasteiger partial charge >= 0.3 is 6.03 Å². The molecule has 27 heavy (non-hydrogen) atoms. The van der Waals surface area contributed by atoms with Gasteiger partial charge in [0.05, 0.1) is 11.4 Å². The minimum Gasteiger partial charge on any atom is -0.368 e. The van der Waals surface area contributed by atoms with Crippen molar-refractivity contribution in [3.05, 3.63) is 59.9 Å². The number of nitrogens with two attached hydrogens (primary N) is 1. The van der Waals surface area contributed by atoms with Crippen LogP contribution in [0.25, 0.3) is 10.8 Å². The van der Waals surface area contributed by atoms with Gasteiger partial charge in [-0.25, -0.2) is 4.79 Å². The summed E-state index contributed by atoms with van der Waals surface area (Å²) in [6.07, 6.45) is 3.92. The Bertz CT molecular complexity index is 1020. The Labute approximate surface area is 156 Å². The van der Waals surface area contributed by atoms with Gasteiger partial charge in [0.1, 0.15) is 6.04 Å². The van der Waals surface area contributed by atoms with E-state index in [-0.39, 0.29) is 0 Å². The molecule has 1 saturated carbocycles. The number of benzene rings is 2. The Morgan fingerprint density at radius 2 is 1.93 bits per heavy atom. The van der Waals surface area contributed by atoms with Gasteiger partial charge in [-0.05, 0) is 35.2 Å². The molecule has 4 N–H and O–H groups in total. The van der Waals surface area contributed by atoms with Crippen molar-refractivity contribution in [2.45, 2.75) is 24.8 Å². The number of primary amides is 1.